The molecule has 0 saturated carbocycles. The molecule has 1 amide bonds. The Balaban J connectivity index is 1.42. The molecular formula is C33H32F3N3O3S. The number of amides is 1. The number of fused-ring (bicyclic) bond motifs is 2. The van der Waals surface area contributed by atoms with Gasteiger partial charge in [-0.3, -0.25) is 4.79 Å². The van der Waals surface area contributed by atoms with E-state index in [4.69, 9.17) is 0 Å². The zero-order valence-electron chi connectivity index (χ0n) is 23.8. The maximum Gasteiger partial charge on any atom is 0.416 e. The maximum atomic E-state index is 13.8. The van der Waals surface area contributed by atoms with Crippen LogP contribution in [0.5, 0.6) is 0 Å². The summed E-state index contributed by atoms with van der Waals surface area (Å²) in [6, 6.07) is 24.2. The van der Waals surface area contributed by atoms with Crippen molar-refractivity contribution in [1.82, 2.24) is 14.2 Å². The molecule has 0 atom stereocenters. The van der Waals surface area contributed by atoms with Crippen LogP contribution in [0.15, 0.2) is 102 Å². The lowest BCUT2D eigenvalue weighted by molar-refractivity contribution is -0.137. The first-order valence-electron chi connectivity index (χ1n) is 13.9. The van der Waals surface area contributed by atoms with Crippen LogP contribution < -0.4 is 0 Å². The highest BCUT2D eigenvalue weighted by Gasteiger charge is 2.32. The number of aromatic amines is 1. The summed E-state index contributed by atoms with van der Waals surface area (Å²) in [5.41, 5.74) is 1.66. The summed E-state index contributed by atoms with van der Waals surface area (Å²) in [6.45, 7) is 3.27. The van der Waals surface area contributed by atoms with Crippen LogP contribution in [0.4, 0.5) is 13.2 Å². The second kappa shape index (κ2) is 12.2. The second-order valence-corrected chi connectivity index (χ2v) is 12.7. The van der Waals surface area contributed by atoms with Crippen molar-refractivity contribution < 1.29 is 26.4 Å². The molecule has 6 nitrogen and oxygen atoms in total. The van der Waals surface area contributed by atoms with Crippen LogP contribution in [-0.2, 0) is 34.0 Å². The lowest BCUT2D eigenvalue weighted by Gasteiger charge is -2.29. The van der Waals surface area contributed by atoms with E-state index in [1.54, 1.807) is 26.0 Å². The van der Waals surface area contributed by atoms with E-state index in [9.17, 15) is 26.4 Å². The van der Waals surface area contributed by atoms with E-state index < -0.39 is 40.3 Å². The highest BCUT2D eigenvalue weighted by molar-refractivity contribution is 7.89. The van der Waals surface area contributed by atoms with Crippen molar-refractivity contribution in [3.8, 4) is 0 Å². The van der Waals surface area contributed by atoms with Gasteiger partial charge in [-0.25, -0.2) is 8.42 Å². The minimum absolute atomic E-state index is 0.0291. The third-order valence-corrected chi connectivity index (χ3v) is 9.55. The molecule has 0 radical (unpaired) electrons. The first-order chi connectivity index (χ1) is 20.4. The normalized spacial score (nSPS) is 12.4. The first kappa shape index (κ1) is 30.3. The van der Waals surface area contributed by atoms with Crippen LogP contribution in [0.3, 0.4) is 0 Å². The molecule has 4 aromatic carbocycles. The summed E-state index contributed by atoms with van der Waals surface area (Å²) in [5.74, 6) is -0.446. The number of benzene rings is 4. The molecule has 1 heterocycles. The van der Waals surface area contributed by atoms with Gasteiger partial charge in [0.15, 0.2) is 0 Å². The van der Waals surface area contributed by atoms with Crippen molar-refractivity contribution in [2.75, 3.05) is 13.1 Å². The van der Waals surface area contributed by atoms with Gasteiger partial charge in [0.25, 0.3) is 0 Å². The van der Waals surface area contributed by atoms with Gasteiger partial charge in [-0.15, -0.1) is 0 Å². The van der Waals surface area contributed by atoms with Crippen molar-refractivity contribution in [2.45, 2.75) is 43.9 Å². The lowest BCUT2D eigenvalue weighted by atomic mass is 10.1. The topological polar surface area (TPSA) is 73.5 Å². The van der Waals surface area contributed by atoms with Gasteiger partial charge in [0.05, 0.1) is 17.0 Å². The second-order valence-electron chi connectivity index (χ2n) is 10.8. The van der Waals surface area contributed by atoms with E-state index in [-0.39, 0.29) is 18.0 Å². The molecule has 0 spiro atoms. The van der Waals surface area contributed by atoms with Crippen molar-refractivity contribution in [2.24, 2.45) is 0 Å². The predicted octanol–water partition coefficient (Wildman–Crippen LogP) is 7.01. The highest BCUT2D eigenvalue weighted by Crippen LogP contribution is 2.29. The summed E-state index contributed by atoms with van der Waals surface area (Å²) in [4.78, 5) is 18.6. The van der Waals surface area contributed by atoms with Crippen molar-refractivity contribution in [3.05, 3.63) is 114 Å². The van der Waals surface area contributed by atoms with E-state index in [2.05, 4.69) is 4.98 Å². The number of aromatic nitrogens is 1. The quantitative estimate of drug-likeness (QED) is 0.186. The molecule has 0 unspecified atom stereocenters. The number of rotatable bonds is 10. The van der Waals surface area contributed by atoms with E-state index in [1.807, 2.05) is 54.7 Å². The van der Waals surface area contributed by atoms with Crippen LogP contribution in [0, 0.1) is 0 Å². The molecule has 0 saturated heterocycles. The van der Waals surface area contributed by atoms with Gasteiger partial charge in [0.1, 0.15) is 0 Å². The Morgan fingerprint density at radius 3 is 2.26 bits per heavy atom. The Labute approximate surface area is 248 Å². The van der Waals surface area contributed by atoms with Gasteiger partial charge in [-0.05, 0) is 72.5 Å². The van der Waals surface area contributed by atoms with Gasteiger partial charge >= 0.3 is 6.18 Å². The number of H-pyrrole nitrogens is 1. The Morgan fingerprint density at radius 1 is 0.884 bits per heavy atom. The number of carbonyl (C=O) groups excluding carboxylic acids is 1. The molecule has 0 aliphatic carbocycles. The van der Waals surface area contributed by atoms with Gasteiger partial charge in [0.2, 0.25) is 15.9 Å². The van der Waals surface area contributed by atoms with Crippen molar-refractivity contribution in [1.29, 1.82) is 0 Å². The molecule has 224 valence electrons. The molecule has 43 heavy (non-hydrogen) atoms. The average molecular weight is 608 g/mol. The number of hydrogen-bond donors (Lipinski definition) is 1. The Bertz CT molecular complexity index is 1850. The molecule has 5 aromatic rings. The predicted molar refractivity (Wildman–Crippen MR) is 162 cm³/mol. The maximum absolute atomic E-state index is 13.8. The molecule has 5 rings (SSSR count). The van der Waals surface area contributed by atoms with Crippen molar-refractivity contribution >= 4 is 37.6 Å². The molecule has 0 aliphatic rings. The van der Waals surface area contributed by atoms with E-state index in [0.717, 1.165) is 39.4 Å². The number of halogens is 3. The van der Waals surface area contributed by atoms with Crippen LogP contribution >= 0.6 is 0 Å². The standard InChI is InChI=1S/C33H32F3N3O3S/c1-23(2)39(43(41,42)29-16-13-25-7-3-4-8-26(25)19-29)22-32(40)38(21-24-11-14-28(15-12-24)33(34,35)36)18-17-27-20-37-31-10-6-5-9-30(27)31/h3-16,19-20,23,37H,17-18,21-22H2,1-2H3. The molecule has 10 heteroatoms. The number of hydrogen-bond acceptors (Lipinski definition) is 3. The number of para-hydroxylation sites is 1. The van der Waals surface area contributed by atoms with Crippen LogP contribution in [0.2, 0.25) is 0 Å². The van der Waals surface area contributed by atoms with Gasteiger partial charge in [-0.1, -0.05) is 60.7 Å². The van der Waals surface area contributed by atoms with Gasteiger partial charge in [0, 0.05) is 36.2 Å². The fourth-order valence-corrected chi connectivity index (χ4v) is 6.77. The van der Waals surface area contributed by atoms with Crippen LogP contribution in [0.1, 0.15) is 30.5 Å². The highest BCUT2D eigenvalue weighted by atomic mass is 32.2. The summed E-state index contributed by atoms with van der Waals surface area (Å²) in [6.07, 6.45) is -2.14. The largest absolute Gasteiger partial charge is 0.416 e. The zero-order valence-corrected chi connectivity index (χ0v) is 24.6. The van der Waals surface area contributed by atoms with E-state index in [1.165, 1.54) is 27.4 Å². The minimum atomic E-state index is -4.47. The van der Waals surface area contributed by atoms with Crippen molar-refractivity contribution in [3.63, 3.8) is 0 Å². The summed E-state index contributed by atoms with van der Waals surface area (Å²) in [5, 5.41) is 2.67. The van der Waals surface area contributed by atoms with Gasteiger partial charge in [-0.2, -0.15) is 17.5 Å². The van der Waals surface area contributed by atoms with Gasteiger partial charge < -0.3 is 9.88 Å². The number of sulfonamides is 1. The van der Waals surface area contributed by atoms with E-state index >= 15 is 0 Å². The number of nitrogens with one attached hydrogen (secondary N) is 1. The van der Waals surface area contributed by atoms with Crippen LogP contribution in [-0.4, -0.2) is 47.6 Å². The number of nitrogens with zero attached hydrogens (tertiary/aromatic N) is 2. The van der Waals surface area contributed by atoms with E-state index in [0.29, 0.717) is 12.0 Å². The molecule has 0 fully saturated rings. The minimum Gasteiger partial charge on any atom is -0.361 e. The zero-order chi connectivity index (χ0) is 30.8. The first-order valence-corrected chi connectivity index (χ1v) is 15.4. The molecule has 1 N–H and O–H groups in total. The smallest absolute Gasteiger partial charge is 0.361 e. The third-order valence-electron chi connectivity index (χ3n) is 7.53. The lowest BCUT2D eigenvalue weighted by Crippen LogP contribution is -2.46. The molecular weight excluding hydrogens is 575 g/mol. The summed E-state index contributed by atoms with van der Waals surface area (Å²) < 4.78 is 68.2. The molecule has 1 aromatic heterocycles. The SMILES string of the molecule is CC(C)N(CC(=O)N(CCc1c[nH]c2ccccc12)Cc1ccc(C(F)(F)F)cc1)S(=O)(=O)c1ccc2ccccc2c1. The monoisotopic (exact) mass is 607 g/mol. The number of carbonyl (C=O) groups is 1. The Morgan fingerprint density at radius 2 is 1.56 bits per heavy atom. The Hall–Kier alpha value is -4.15. The third kappa shape index (κ3) is 6.76. The molecule has 0 bridgehead atoms. The molecule has 0 aliphatic heterocycles. The fourth-order valence-electron chi connectivity index (χ4n) is 5.15. The average Bonchev–Trinajstić information content (AvgIpc) is 3.40. The summed E-state index contributed by atoms with van der Waals surface area (Å²) in [7, 11) is -4.05. The Kier molecular flexibility index (Phi) is 8.62. The number of alkyl halides is 3. The van der Waals surface area contributed by atoms with Crippen LogP contribution in [0.25, 0.3) is 21.7 Å². The summed E-state index contributed by atoms with van der Waals surface area (Å²) >= 11 is 0. The fraction of sp³-hybridized carbons (Fsp3) is 0.242.